The molecule has 0 aliphatic carbocycles. The summed E-state index contributed by atoms with van der Waals surface area (Å²) >= 11 is 5.94. The molecule has 0 bridgehead atoms. The van der Waals surface area contributed by atoms with Crippen molar-refractivity contribution in [2.24, 2.45) is 0 Å². The first-order valence-electron chi connectivity index (χ1n) is 5.47. The Morgan fingerprint density at radius 3 is 3.06 bits per heavy atom. The van der Waals surface area contributed by atoms with Crippen LogP contribution in [0.5, 0.6) is 0 Å². The summed E-state index contributed by atoms with van der Waals surface area (Å²) in [6.45, 7) is 3.61. The summed E-state index contributed by atoms with van der Waals surface area (Å²) in [7, 11) is 1.73. The summed E-state index contributed by atoms with van der Waals surface area (Å²) in [5.74, 6) is 1.63. The zero-order valence-electron chi connectivity index (χ0n) is 9.61. The maximum Gasteiger partial charge on any atom is 0.134 e. The topological polar surface area (TPSA) is 38.2 Å². The monoisotopic (exact) mass is 241 g/mol. The van der Waals surface area contributed by atoms with Gasteiger partial charge in [-0.15, -0.1) is 0 Å². The second-order valence-electron chi connectivity index (χ2n) is 4.04. The van der Waals surface area contributed by atoms with E-state index in [-0.39, 0.29) is 0 Å². The molecule has 1 fully saturated rings. The van der Waals surface area contributed by atoms with Gasteiger partial charge < -0.3 is 9.64 Å². The molecular weight excluding hydrogens is 226 g/mol. The lowest BCUT2D eigenvalue weighted by molar-refractivity contribution is 0.180. The van der Waals surface area contributed by atoms with E-state index in [0.717, 1.165) is 25.4 Å². The SMILES string of the molecule is COC[C@@H]1CCCN1c1cc(Cl)nc(C)n1. The number of nitrogens with zero attached hydrogens (tertiary/aromatic N) is 3. The van der Waals surface area contributed by atoms with Crippen LogP contribution >= 0.6 is 11.6 Å². The van der Waals surface area contributed by atoms with E-state index in [0.29, 0.717) is 17.0 Å². The van der Waals surface area contributed by atoms with Gasteiger partial charge in [-0.25, -0.2) is 9.97 Å². The minimum atomic E-state index is 0.412. The predicted molar refractivity (Wildman–Crippen MR) is 64.0 cm³/mol. The number of ether oxygens (including phenoxy) is 1. The van der Waals surface area contributed by atoms with Crippen LogP contribution < -0.4 is 4.90 Å². The average Bonchev–Trinajstić information content (AvgIpc) is 2.65. The van der Waals surface area contributed by atoms with E-state index in [1.54, 1.807) is 7.11 Å². The summed E-state index contributed by atoms with van der Waals surface area (Å²) < 4.78 is 5.22. The molecule has 0 spiro atoms. The first-order chi connectivity index (χ1) is 7.70. The Hall–Kier alpha value is -0.870. The average molecular weight is 242 g/mol. The molecule has 1 saturated heterocycles. The Labute approximate surface area is 101 Å². The van der Waals surface area contributed by atoms with Crippen LogP contribution in [0.2, 0.25) is 5.15 Å². The first-order valence-corrected chi connectivity index (χ1v) is 5.85. The third kappa shape index (κ3) is 2.44. The van der Waals surface area contributed by atoms with Gasteiger partial charge in [-0.1, -0.05) is 11.6 Å². The molecule has 2 rings (SSSR count). The van der Waals surface area contributed by atoms with Crippen LogP contribution in [0, 0.1) is 6.92 Å². The second kappa shape index (κ2) is 4.97. The van der Waals surface area contributed by atoms with Gasteiger partial charge >= 0.3 is 0 Å². The van der Waals surface area contributed by atoms with Crippen LogP contribution in [-0.2, 0) is 4.74 Å². The fourth-order valence-corrected chi connectivity index (χ4v) is 2.39. The molecule has 0 N–H and O–H groups in total. The number of hydrogen-bond donors (Lipinski definition) is 0. The van der Waals surface area contributed by atoms with E-state index in [1.165, 1.54) is 6.42 Å². The molecule has 5 heteroatoms. The molecule has 2 heterocycles. The Kier molecular flexibility index (Phi) is 3.61. The molecular formula is C11H16ClN3O. The molecule has 16 heavy (non-hydrogen) atoms. The van der Waals surface area contributed by atoms with Gasteiger partial charge in [0, 0.05) is 19.7 Å². The lowest BCUT2D eigenvalue weighted by Crippen LogP contribution is -2.33. The number of anilines is 1. The van der Waals surface area contributed by atoms with Gasteiger partial charge in [0.25, 0.3) is 0 Å². The predicted octanol–water partition coefficient (Wildman–Crippen LogP) is 2.05. The minimum absolute atomic E-state index is 0.412. The molecule has 0 radical (unpaired) electrons. The van der Waals surface area contributed by atoms with Crippen molar-refractivity contribution in [1.82, 2.24) is 9.97 Å². The first kappa shape index (κ1) is 11.6. The Morgan fingerprint density at radius 2 is 2.38 bits per heavy atom. The number of methoxy groups -OCH3 is 1. The zero-order chi connectivity index (χ0) is 11.5. The molecule has 0 saturated carbocycles. The fraction of sp³-hybridized carbons (Fsp3) is 0.636. The molecule has 0 unspecified atom stereocenters. The standard InChI is InChI=1S/C11H16ClN3O/c1-8-13-10(12)6-11(14-8)15-5-3-4-9(15)7-16-2/h6,9H,3-5,7H2,1-2H3/t9-/m0/s1. The number of rotatable bonds is 3. The van der Waals surface area contributed by atoms with Gasteiger partial charge in [0.15, 0.2) is 0 Å². The highest BCUT2D eigenvalue weighted by atomic mass is 35.5. The second-order valence-corrected chi connectivity index (χ2v) is 4.43. The van der Waals surface area contributed by atoms with Crippen LogP contribution in [0.3, 0.4) is 0 Å². The van der Waals surface area contributed by atoms with E-state index in [9.17, 15) is 0 Å². The van der Waals surface area contributed by atoms with Crippen LogP contribution in [0.15, 0.2) is 6.07 Å². The number of aryl methyl sites for hydroxylation is 1. The van der Waals surface area contributed by atoms with E-state index >= 15 is 0 Å². The molecule has 4 nitrogen and oxygen atoms in total. The van der Waals surface area contributed by atoms with Gasteiger partial charge in [-0.3, -0.25) is 0 Å². The van der Waals surface area contributed by atoms with Gasteiger partial charge in [0.2, 0.25) is 0 Å². The van der Waals surface area contributed by atoms with Gasteiger partial charge in [-0.2, -0.15) is 0 Å². The molecule has 1 aliphatic heterocycles. The highest BCUT2D eigenvalue weighted by molar-refractivity contribution is 6.29. The molecule has 1 aromatic rings. The van der Waals surface area contributed by atoms with E-state index in [4.69, 9.17) is 16.3 Å². The molecule has 0 aromatic carbocycles. The van der Waals surface area contributed by atoms with Crippen molar-refractivity contribution in [2.75, 3.05) is 25.2 Å². The Balaban J connectivity index is 2.21. The van der Waals surface area contributed by atoms with Crippen molar-refractivity contribution in [1.29, 1.82) is 0 Å². The van der Waals surface area contributed by atoms with Crippen molar-refractivity contribution in [3.05, 3.63) is 17.0 Å². The summed E-state index contributed by atoms with van der Waals surface area (Å²) in [4.78, 5) is 10.8. The molecule has 1 atom stereocenters. The quantitative estimate of drug-likeness (QED) is 0.760. The summed E-state index contributed by atoms with van der Waals surface area (Å²) in [5, 5.41) is 0.505. The molecule has 1 aliphatic rings. The van der Waals surface area contributed by atoms with Gasteiger partial charge in [0.05, 0.1) is 12.6 Å². The number of hydrogen-bond acceptors (Lipinski definition) is 4. The van der Waals surface area contributed by atoms with Crippen LogP contribution in [0.1, 0.15) is 18.7 Å². The van der Waals surface area contributed by atoms with Gasteiger partial charge in [-0.05, 0) is 19.8 Å². The zero-order valence-corrected chi connectivity index (χ0v) is 10.4. The maximum atomic E-state index is 5.94. The highest BCUT2D eigenvalue weighted by Crippen LogP contribution is 2.25. The Bertz CT molecular complexity index is 352. The number of aromatic nitrogens is 2. The van der Waals surface area contributed by atoms with E-state index < -0.39 is 0 Å². The molecule has 1 aromatic heterocycles. The van der Waals surface area contributed by atoms with Crippen LogP contribution in [-0.4, -0.2) is 36.3 Å². The van der Waals surface area contributed by atoms with Crippen LogP contribution in [0.25, 0.3) is 0 Å². The van der Waals surface area contributed by atoms with Crippen molar-refractivity contribution < 1.29 is 4.74 Å². The van der Waals surface area contributed by atoms with Gasteiger partial charge in [0.1, 0.15) is 16.8 Å². The van der Waals surface area contributed by atoms with Crippen LogP contribution in [0.4, 0.5) is 5.82 Å². The smallest absolute Gasteiger partial charge is 0.134 e. The summed E-state index contributed by atoms with van der Waals surface area (Å²) in [5.41, 5.74) is 0. The maximum absolute atomic E-state index is 5.94. The van der Waals surface area contributed by atoms with E-state index in [1.807, 2.05) is 13.0 Å². The Morgan fingerprint density at radius 1 is 1.56 bits per heavy atom. The fourth-order valence-electron chi connectivity index (χ4n) is 2.17. The van der Waals surface area contributed by atoms with Crippen molar-refractivity contribution in [3.63, 3.8) is 0 Å². The highest BCUT2D eigenvalue weighted by Gasteiger charge is 2.25. The normalized spacial score (nSPS) is 20.4. The lowest BCUT2D eigenvalue weighted by Gasteiger charge is -2.25. The lowest BCUT2D eigenvalue weighted by atomic mass is 10.2. The minimum Gasteiger partial charge on any atom is -0.383 e. The van der Waals surface area contributed by atoms with Crippen molar-refractivity contribution in [2.45, 2.75) is 25.8 Å². The third-order valence-electron chi connectivity index (χ3n) is 2.82. The summed E-state index contributed by atoms with van der Waals surface area (Å²) in [6.07, 6.45) is 2.32. The largest absolute Gasteiger partial charge is 0.383 e. The summed E-state index contributed by atoms with van der Waals surface area (Å²) in [6, 6.07) is 2.23. The third-order valence-corrected chi connectivity index (χ3v) is 3.02. The number of halogens is 1. The van der Waals surface area contributed by atoms with Crippen molar-refractivity contribution in [3.8, 4) is 0 Å². The molecule has 88 valence electrons. The molecule has 0 amide bonds. The van der Waals surface area contributed by atoms with Crippen molar-refractivity contribution >= 4 is 17.4 Å². The van der Waals surface area contributed by atoms with E-state index in [2.05, 4.69) is 14.9 Å².